The van der Waals surface area contributed by atoms with Crippen LogP contribution in [0.5, 0.6) is 0 Å². The van der Waals surface area contributed by atoms with Crippen molar-refractivity contribution in [2.45, 2.75) is 33.6 Å². The molecule has 0 N–H and O–H groups in total. The topological polar surface area (TPSA) is 98.7 Å². The maximum Gasteiger partial charge on any atom is 1.00 e. The normalized spacial score (nSPS) is 32.1. The summed E-state index contributed by atoms with van der Waals surface area (Å²) in [6, 6.07) is 0. The summed E-state index contributed by atoms with van der Waals surface area (Å²) >= 11 is 0.703. The maximum atomic E-state index is 11.6. The van der Waals surface area contributed by atoms with E-state index in [0.29, 0.717) is 22.9 Å². The molecule has 0 bridgehead atoms. The van der Waals surface area contributed by atoms with Gasteiger partial charge in [-0.25, -0.2) is 8.42 Å². The van der Waals surface area contributed by atoms with Crippen molar-refractivity contribution in [2.75, 3.05) is 0 Å². The van der Waals surface area contributed by atoms with Gasteiger partial charge in [0.2, 0.25) is 0 Å². The van der Waals surface area contributed by atoms with Gasteiger partial charge in [0.1, 0.15) is 10.1 Å². The zero-order valence-electron chi connectivity index (χ0n) is 15.7. The molecule has 0 amide bonds. The first-order valence-electron chi connectivity index (χ1n) is 7.87. The summed E-state index contributed by atoms with van der Waals surface area (Å²) in [4.78, 5) is 0.313. The van der Waals surface area contributed by atoms with Gasteiger partial charge in [-0.2, -0.15) is 4.33 Å². The summed E-state index contributed by atoms with van der Waals surface area (Å²) in [5.74, 6) is 0.518. The van der Waals surface area contributed by atoms with Crippen LogP contribution in [0.15, 0.2) is 33.6 Å². The Balaban J connectivity index is 0.00000169. The second kappa shape index (κ2) is 10.3. The fourth-order valence-corrected chi connectivity index (χ4v) is 5.96. The SMILES string of the molecule is CC1=CC2CCC3C(SOO[O-])=CC(S(=O)(=O)[O-])=CC3C2C1(C)C.[K+].[K+]. The molecule has 0 aromatic heterocycles. The van der Waals surface area contributed by atoms with Crippen molar-refractivity contribution in [2.24, 2.45) is 29.1 Å². The Labute approximate surface area is 244 Å². The first-order chi connectivity index (χ1) is 11.2. The van der Waals surface area contributed by atoms with Crippen molar-refractivity contribution in [1.29, 1.82) is 0 Å². The van der Waals surface area contributed by atoms with Crippen LogP contribution in [0.3, 0.4) is 0 Å². The molecule has 0 aliphatic heterocycles. The molecule has 0 spiro atoms. The zero-order valence-corrected chi connectivity index (χ0v) is 23.6. The Morgan fingerprint density at radius 3 is 2.46 bits per heavy atom. The number of rotatable bonds is 4. The monoisotopic (exact) mass is 450 g/mol. The Morgan fingerprint density at radius 1 is 1.23 bits per heavy atom. The van der Waals surface area contributed by atoms with Crippen LogP contribution in [0.2, 0.25) is 0 Å². The van der Waals surface area contributed by atoms with E-state index in [2.05, 4.69) is 36.2 Å². The van der Waals surface area contributed by atoms with Gasteiger partial charge in [-0.1, -0.05) is 31.6 Å². The average molecular weight is 451 g/mol. The van der Waals surface area contributed by atoms with Crippen molar-refractivity contribution in [3.05, 3.63) is 33.6 Å². The van der Waals surface area contributed by atoms with Crippen molar-refractivity contribution in [3.63, 3.8) is 0 Å². The molecular weight excluding hydrogens is 431 g/mol. The van der Waals surface area contributed by atoms with Crippen molar-refractivity contribution in [1.82, 2.24) is 0 Å². The second-order valence-corrected chi connectivity index (χ2v) is 9.47. The molecule has 6 nitrogen and oxygen atoms in total. The minimum Gasteiger partial charge on any atom is -0.744 e. The molecule has 1 fully saturated rings. The quantitative estimate of drug-likeness (QED) is 0.109. The van der Waals surface area contributed by atoms with E-state index < -0.39 is 10.1 Å². The largest absolute Gasteiger partial charge is 1.00 e. The number of allylic oxidation sites excluding steroid dienone is 5. The van der Waals surface area contributed by atoms with Crippen LogP contribution in [-0.4, -0.2) is 13.0 Å². The Bertz CT molecular complexity index is 729. The predicted octanol–water partition coefficient (Wildman–Crippen LogP) is -3.56. The standard InChI is InChI=1S/C16H22O6S2.2K/c1-9-6-10-4-5-12-13(15(10)16(9,2)3)7-11(24(18,19)20)8-14(12)23-22-21-17;;/h6-8,10,12-13,15,17H,4-5H2,1-3H3,(H,18,19,20);;/q;2*+1/p-2. The van der Waals surface area contributed by atoms with Crippen LogP contribution in [0, 0.1) is 29.1 Å². The van der Waals surface area contributed by atoms with Crippen LogP contribution in [0.4, 0.5) is 0 Å². The predicted molar refractivity (Wildman–Crippen MR) is 86.4 cm³/mol. The van der Waals surface area contributed by atoms with Crippen LogP contribution >= 0.6 is 12.0 Å². The molecule has 10 heteroatoms. The van der Waals surface area contributed by atoms with E-state index in [1.54, 1.807) is 6.08 Å². The van der Waals surface area contributed by atoms with Gasteiger partial charge in [0.25, 0.3) is 0 Å². The summed E-state index contributed by atoms with van der Waals surface area (Å²) < 4.78 is 39.1. The molecule has 3 rings (SSSR count). The molecule has 3 aliphatic carbocycles. The van der Waals surface area contributed by atoms with Crippen molar-refractivity contribution >= 4 is 22.2 Å². The van der Waals surface area contributed by atoms with Gasteiger partial charge in [-0.3, -0.25) is 5.04 Å². The zero-order chi connectivity index (χ0) is 17.7. The first-order valence-corrected chi connectivity index (χ1v) is 10.0. The fraction of sp³-hybridized carbons (Fsp3) is 0.625. The van der Waals surface area contributed by atoms with Crippen molar-refractivity contribution < 1.29 is 130 Å². The molecule has 0 saturated heterocycles. The molecule has 0 heterocycles. The van der Waals surface area contributed by atoms with Crippen molar-refractivity contribution in [3.8, 4) is 0 Å². The van der Waals surface area contributed by atoms with E-state index in [4.69, 9.17) is 0 Å². The van der Waals surface area contributed by atoms with Gasteiger partial charge in [0.05, 0.1) is 16.9 Å². The molecule has 0 aromatic rings. The number of hydrogen-bond acceptors (Lipinski definition) is 7. The van der Waals surface area contributed by atoms with E-state index in [1.165, 1.54) is 11.6 Å². The van der Waals surface area contributed by atoms with E-state index in [0.717, 1.165) is 12.8 Å². The summed E-state index contributed by atoms with van der Waals surface area (Å²) in [6.45, 7) is 6.42. The molecule has 26 heavy (non-hydrogen) atoms. The minimum absolute atomic E-state index is 0. The van der Waals surface area contributed by atoms with E-state index in [-0.39, 0.29) is 131 Å². The summed E-state index contributed by atoms with van der Waals surface area (Å²) in [7, 11) is -4.58. The first kappa shape index (κ1) is 26.7. The number of hydrogen-bond donors (Lipinski definition) is 0. The van der Waals surface area contributed by atoms with Gasteiger partial charge in [-0.15, -0.1) is 0 Å². The Kier molecular flexibility index (Phi) is 10.6. The van der Waals surface area contributed by atoms with Crippen LogP contribution < -0.4 is 108 Å². The summed E-state index contributed by atoms with van der Waals surface area (Å²) in [5.41, 5.74) is 1.21. The third-order valence-corrected chi connectivity index (χ3v) is 7.49. The average Bonchev–Trinajstić information content (AvgIpc) is 2.73. The molecule has 0 radical (unpaired) electrons. The van der Waals surface area contributed by atoms with Gasteiger partial charge >= 0.3 is 103 Å². The van der Waals surface area contributed by atoms with Crippen LogP contribution in [0.1, 0.15) is 33.6 Å². The van der Waals surface area contributed by atoms with Gasteiger partial charge < -0.3 is 9.81 Å². The Morgan fingerprint density at radius 2 is 1.88 bits per heavy atom. The molecular formula is C16H20K2O6S2. The minimum atomic E-state index is -4.58. The molecule has 1 saturated carbocycles. The van der Waals surface area contributed by atoms with Gasteiger partial charge in [-0.05, 0) is 54.9 Å². The molecule has 0 aromatic carbocycles. The fourth-order valence-electron chi connectivity index (χ4n) is 4.61. The summed E-state index contributed by atoms with van der Waals surface area (Å²) in [6.07, 6.45) is 7.03. The van der Waals surface area contributed by atoms with E-state index >= 15 is 0 Å². The number of fused-ring (bicyclic) bond motifs is 3. The molecule has 4 unspecified atom stereocenters. The van der Waals surface area contributed by atoms with E-state index in [9.17, 15) is 18.2 Å². The van der Waals surface area contributed by atoms with Gasteiger partial charge in [0, 0.05) is 4.91 Å². The third-order valence-electron chi connectivity index (χ3n) is 5.92. The maximum absolute atomic E-state index is 11.6. The summed E-state index contributed by atoms with van der Waals surface area (Å²) in [5, 5.41) is 13.6. The van der Waals surface area contributed by atoms with Crippen LogP contribution in [0.25, 0.3) is 0 Å². The van der Waals surface area contributed by atoms with Crippen LogP contribution in [-0.2, 0) is 19.5 Å². The second-order valence-electron chi connectivity index (χ2n) is 7.31. The molecule has 4 atom stereocenters. The smallest absolute Gasteiger partial charge is 0.744 e. The molecule has 134 valence electrons. The third kappa shape index (κ3) is 5.27. The van der Waals surface area contributed by atoms with Gasteiger partial charge in [0.15, 0.2) is 0 Å². The Hall–Kier alpha value is 2.63. The van der Waals surface area contributed by atoms with E-state index in [1.807, 2.05) is 0 Å². The molecule has 3 aliphatic rings.